The lowest BCUT2D eigenvalue weighted by atomic mass is 10.1. The number of carbonyl (C=O) groups is 1. The van der Waals surface area contributed by atoms with Gasteiger partial charge in [-0.05, 0) is 27.7 Å². The van der Waals surface area contributed by atoms with Crippen LogP contribution in [0.25, 0.3) is 0 Å². The lowest BCUT2D eigenvalue weighted by Gasteiger charge is -2.17. The standard InChI is InChI=1S/C11H16O3/c1-8-11(5,13-8)7-6-10(3,4)14-9(2)12/h8H,1-5H3. The van der Waals surface area contributed by atoms with Crippen molar-refractivity contribution in [3.8, 4) is 11.8 Å². The van der Waals surface area contributed by atoms with Crippen molar-refractivity contribution in [1.82, 2.24) is 0 Å². The first-order chi connectivity index (χ1) is 6.25. The average molecular weight is 196 g/mol. The molecule has 0 radical (unpaired) electrons. The van der Waals surface area contributed by atoms with E-state index in [9.17, 15) is 4.79 Å². The Morgan fingerprint density at radius 3 is 2.43 bits per heavy atom. The maximum atomic E-state index is 10.7. The van der Waals surface area contributed by atoms with Crippen molar-refractivity contribution in [3.05, 3.63) is 0 Å². The molecule has 14 heavy (non-hydrogen) atoms. The highest BCUT2D eigenvalue weighted by Gasteiger charge is 2.47. The van der Waals surface area contributed by atoms with Crippen molar-refractivity contribution in [1.29, 1.82) is 0 Å². The zero-order valence-corrected chi connectivity index (χ0v) is 9.30. The minimum Gasteiger partial charge on any atom is -0.447 e. The topological polar surface area (TPSA) is 38.8 Å². The van der Waals surface area contributed by atoms with E-state index >= 15 is 0 Å². The zero-order valence-electron chi connectivity index (χ0n) is 9.30. The predicted molar refractivity (Wildman–Crippen MR) is 52.6 cm³/mol. The van der Waals surface area contributed by atoms with Crippen LogP contribution in [-0.4, -0.2) is 23.3 Å². The fourth-order valence-corrected chi connectivity index (χ4v) is 1.12. The van der Waals surface area contributed by atoms with E-state index in [0.29, 0.717) is 0 Å². The molecule has 0 bridgehead atoms. The molecule has 0 aromatic rings. The highest BCUT2D eigenvalue weighted by Crippen LogP contribution is 2.34. The van der Waals surface area contributed by atoms with E-state index in [-0.39, 0.29) is 17.7 Å². The molecule has 0 amide bonds. The van der Waals surface area contributed by atoms with Crippen LogP contribution < -0.4 is 0 Å². The highest BCUT2D eigenvalue weighted by atomic mass is 16.6. The summed E-state index contributed by atoms with van der Waals surface area (Å²) in [5.41, 5.74) is -1.09. The Balaban J connectivity index is 2.62. The highest BCUT2D eigenvalue weighted by molar-refractivity contribution is 5.67. The van der Waals surface area contributed by atoms with Gasteiger partial charge in [0.2, 0.25) is 0 Å². The van der Waals surface area contributed by atoms with Gasteiger partial charge >= 0.3 is 5.97 Å². The molecule has 2 unspecified atom stereocenters. The molecule has 1 fully saturated rings. The second-order valence-corrected chi connectivity index (χ2v) is 4.22. The van der Waals surface area contributed by atoms with Crippen LogP contribution in [0.2, 0.25) is 0 Å². The normalized spacial score (nSPS) is 30.2. The Morgan fingerprint density at radius 2 is 2.07 bits per heavy atom. The molecule has 3 nitrogen and oxygen atoms in total. The zero-order chi connectivity index (χ0) is 11.0. The van der Waals surface area contributed by atoms with Crippen molar-refractivity contribution in [3.63, 3.8) is 0 Å². The molecule has 0 aromatic carbocycles. The van der Waals surface area contributed by atoms with Gasteiger partial charge in [-0.15, -0.1) is 0 Å². The smallest absolute Gasteiger partial charge is 0.304 e. The molecule has 1 heterocycles. The lowest BCUT2D eigenvalue weighted by molar-refractivity contribution is -0.148. The minimum absolute atomic E-state index is 0.170. The van der Waals surface area contributed by atoms with E-state index in [1.807, 2.05) is 13.8 Å². The van der Waals surface area contributed by atoms with Gasteiger partial charge in [-0.2, -0.15) is 0 Å². The third-order valence-corrected chi connectivity index (χ3v) is 2.15. The Hall–Kier alpha value is -1.01. The summed E-state index contributed by atoms with van der Waals surface area (Å²) in [5.74, 6) is 5.56. The Kier molecular flexibility index (Phi) is 2.60. The quantitative estimate of drug-likeness (QED) is 0.362. The van der Waals surface area contributed by atoms with E-state index in [0.717, 1.165) is 0 Å². The molecule has 1 saturated heterocycles. The monoisotopic (exact) mass is 196 g/mol. The molecular weight excluding hydrogens is 180 g/mol. The van der Waals surface area contributed by atoms with E-state index < -0.39 is 5.60 Å². The van der Waals surface area contributed by atoms with E-state index in [4.69, 9.17) is 9.47 Å². The molecule has 0 N–H and O–H groups in total. The number of ether oxygens (including phenoxy) is 2. The Labute approximate surface area is 84.8 Å². The second-order valence-electron chi connectivity index (χ2n) is 4.22. The maximum absolute atomic E-state index is 10.7. The first kappa shape index (κ1) is 11.1. The molecule has 0 aliphatic carbocycles. The van der Waals surface area contributed by atoms with E-state index in [1.165, 1.54) is 6.92 Å². The number of carbonyl (C=O) groups excluding carboxylic acids is 1. The molecule has 78 valence electrons. The second kappa shape index (κ2) is 3.29. The third-order valence-electron chi connectivity index (χ3n) is 2.15. The summed E-state index contributed by atoms with van der Waals surface area (Å²) in [6.45, 7) is 8.79. The van der Waals surface area contributed by atoms with Gasteiger partial charge in [0.05, 0.1) is 6.10 Å². The molecule has 1 aliphatic heterocycles. The number of rotatable bonds is 1. The number of hydrogen-bond acceptors (Lipinski definition) is 3. The van der Waals surface area contributed by atoms with Gasteiger partial charge in [-0.25, -0.2) is 0 Å². The van der Waals surface area contributed by atoms with Gasteiger partial charge in [-0.1, -0.05) is 11.8 Å². The van der Waals surface area contributed by atoms with Crippen LogP contribution in [-0.2, 0) is 14.3 Å². The van der Waals surface area contributed by atoms with Crippen LogP contribution in [0.15, 0.2) is 0 Å². The van der Waals surface area contributed by atoms with Crippen molar-refractivity contribution in [2.24, 2.45) is 0 Å². The summed E-state index contributed by atoms with van der Waals surface area (Å²) < 4.78 is 10.3. The number of hydrogen-bond donors (Lipinski definition) is 0. The molecule has 1 rings (SSSR count). The van der Waals surface area contributed by atoms with Gasteiger partial charge in [0.25, 0.3) is 0 Å². The average Bonchev–Trinajstić information content (AvgIpc) is 2.55. The molecule has 3 heteroatoms. The fraction of sp³-hybridized carbons (Fsp3) is 0.727. The SMILES string of the molecule is CC(=O)OC(C)(C)C#CC1(C)OC1C. The van der Waals surface area contributed by atoms with E-state index in [2.05, 4.69) is 11.8 Å². The summed E-state index contributed by atoms with van der Waals surface area (Å²) >= 11 is 0. The Bertz CT molecular complexity index is 308. The number of esters is 1. The van der Waals surface area contributed by atoms with Gasteiger partial charge in [-0.3, -0.25) is 4.79 Å². The van der Waals surface area contributed by atoms with Crippen LogP contribution in [0.1, 0.15) is 34.6 Å². The van der Waals surface area contributed by atoms with Crippen LogP contribution in [0.4, 0.5) is 0 Å². The van der Waals surface area contributed by atoms with Crippen molar-refractivity contribution >= 4 is 5.97 Å². The fourth-order valence-electron chi connectivity index (χ4n) is 1.12. The van der Waals surface area contributed by atoms with Crippen molar-refractivity contribution in [2.45, 2.75) is 51.9 Å². The summed E-state index contributed by atoms with van der Waals surface area (Å²) in [5, 5.41) is 0. The van der Waals surface area contributed by atoms with Gasteiger partial charge in [0, 0.05) is 6.92 Å². The van der Waals surface area contributed by atoms with Crippen LogP contribution in [0.3, 0.4) is 0 Å². The Morgan fingerprint density at radius 1 is 1.57 bits per heavy atom. The van der Waals surface area contributed by atoms with Gasteiger partial charge in [0.1, 0.15) is 0 Å². The van der Waals surface area contributed by atoms with Gasteiger partial charge < -0.3 is 9.47 Å². The van der Waals surface area contributed by atoms with Crippen molar-refractivity contribution < 1.29 is 14.3 Å². The molecule has 0 spiro atoms. The predicted octanol–water partition coefficient (Wildman–Crippen LogP) is 1.51. The number of epoxide rings is 1. The van der Waals surface area contributed by atoms with Crippen LogP contribution in [0.5, 0.6) is 0 Å². The van der Waals surface area contributed by atoms with Crippen LogP contribution >= 0.6 is 0 Å². The molecular formula is C11H16O3. The third kappa shape index (κ3) is 2.74. The summed E-state index contributed by atoms with van der Waals surface area (Å²) in [6, 6.07) is 0. The van der Waals surface area contributed by atoms with Gasteiger partial charge in [0.15, 0.2) is 11.2 Å². The largest absolute Gasteiger partial charge is 0.447 e. The maximum Gasteiger partial charge on any atom is 0.304 e. The van der Waals surface area contributed by atoms with Crippen LogP contribution in [0, 0.1) is 11.8 Å². The first-order valence-electron chi connectivity index (χ1n) is 4.67. The summed E-state index contributed by atoms with van der Waals surface area (Å²) in [4.78, 5) is 10.7. The summed E-state index contributed by atoms with van der Waals surface area (Å²) in [7, 11) is 0. The molecule has 0 saturated carbocycles. The van der Waals surface area contributed by atoms with E-state index in [1.54, 1.807) is 13.8 Å². The summed E-state index contributed by atoms with van der Waals surface area (Å²) in [6.07, 6.45) is 0.170. The molecule has 1 aliphatic rings. The molecule has 0 aromatic heterocycles. The van der Waals surface area contributed by atoms with Crippen molar-refractivity contribution in [2.75, 3.05) is 0 Å². The first-order valence-corrected chi connectivity index (χ1v) is 4.67. The minimum atomic E-state index is -0.736. The lowest BCUT2D eigenvalue weighted by Crippen LogP contribution is -2.25. The molecule has 2 atom stereocenters.